The van der Waals surface area contributed by atoms with Crippen molar-refractivity contribution in [3.05, 3.63) is 0 Å². The van der Waals surface area contributed by atoms with E-state index in [-0.39, 0.29) is 0 Å². The van der Waals surface area contributed by atoms with E-state index in [0.717, 1.165) is 6.42 Å². The SMILES string of the molecule is CC(C)[C@H]1CC1F. The van der Waals surface area contributed by atoms with Crippen LogP contribution in [0.1, 0.15) is 20.3 Å². The van der Waals surface area contributed by atoms with Gasteiger partial charge >= 0.3 is 0 Å². The molecule has 1 rings (SSSR count). The van der Waals surface area contributed by atoms with Crippen molar-refractivity contribution in [2.24, 2.45) is 11.8 Å². The van der Waals surface area contributed by atoms with Gasteiger partial charge in [-0.15, -0.1) is 0 Å². The van der Waals surface area contributed by atoms with Crippen LogP contribution >= 0.6 is 0 Å². The minimum Gasteiger partial charge on any atom is -0.247 e. The van der Waals surface area contributed by atoms with Crippen LogP contribution in [0.15, 0.2) is 0 Å². The molecule has 42 valence electrons. The predicted molar refractivity (Wildman–Crippen MR) is 27.8 cm³/mol. The van der Waals surface area contributed by atoms with Gasteiger partial charge in [0.05, 0.1) is 0 Å². The van der Waals surface area contributed by atoms with Crippen LogP contribution in [0.5, 0.6) is 0 Å². The molecule has 1 fully saturated rings. The van der Waals surface area contributed by atoms with Gasteiger partial charge in [-0.1, -0.05) is 13.8 Å². The average Bonchev–Trinajstić information content (AvgIpc) is 2.17. The summed E-state index contributed by atoms with van der Waals surface area (Å²) in [6, 6.07) is 0. The molecular weight excluding hydrogens is 91.1 g/mol. The molecule has 0 amide bonds. The molecule has 0 N–H and O–H groups in total. The number of hydrogen-bond donors (Lipinski definition) is 0. The Balaban J connectivity index is 2.20. The van der Waals surface area contributed by atoms with Crippen molar-refractivity contribution in [3.8, 4) is 0 Å². The maximum Gasteiger partial charge on any atom is 0.104 e. The Labute approximate surface area is 43.7 Å². The van der Waals surface area contributed by atoms with E-state index in [9.17, 15) is 4.39 Å². The zero-order chi connectivity index (χ0) is 5.44. The molecule has 0 radical (unpaired) electrons. The van der Waals surface area contributed by atoms with Crippen LogP contribution in [0.3, 0.4) is 0 Å². The lowest BCUT2D eigenvalue weighted by molar-refractivity contribution is 0.403. The molecule has 1 aliphatic carbocycles. The fourth-order valence-electron chi connectivity index (χ4n) is 0.871. The molecule has 0 aromatic carbocycles. The van der Waals surface area contributed by atoms with Gasteiger partial charge < -0.3 is 0 Å². The predicted octanol–water partition coefficient (Wildman–Crippen LogP) is 2.00. The fraction of sp³-hybridized carbons (Fsp3) is 1.00. The van der Waals surface area contributed by atoms with Crippen LogP contribution in [0, 0.1) is 11.8 Å². The van der Waals surface area contributed by atoms with Crippen molar-refractivity contribution in [2.45, 2.75) is 26.4 Å². The fourth-order valence-corrected chi connectivity index (χ4v) is 0.871. The number of alkyl halides is 1. The lowest BCUT2D eigenvalue weighted by Gasteiger charge is -1.95. The molecule has 0 aromatic heterocycles. The first kappa shape index (κ1) is 5.07. The van der Waals surface area contributed by atoms with E-state index in [1.165, 1.54) is 0 Å². The van der Waals surface area contributed by atoms with E-state index >= 15 is 0 Å². The van der Waals surface area contributed by atoms with Gasteiger partial charge in [0.25, 0.3) is 0 Å². The Hall–Kier alpha value is -0.0700. The van der Waals surface area contributed by atoms with E-state index in [1.54, 1.807) is 0 Å². The summed E-state index contributed by atoms with van der Waals surface area (Å²) >= 11 is 0. The molecule has 0 bridgehead atoms. The van der Waals surface area contributed by atoms with Crippen molar-refractivity contribution in [3.63, 3.8) is 0 Å². The Kier molecular flexibility index (Phi) is 1.06. The van der Waals surface area contributed by atoms with Crippen LogP contribution in [0.25, 0.3) is 0 Å². The van der Waals surface area contributed by atoms with Gasteiger partial charge in [0, 0.05) is 0 Å². The maximum atomic E-state index is 12.0. The highest BCUT2D eigenvalue weighted by Crippen LogP contribution is 2.39. The lowest BCUT2D eigenvalue weighted by atomic mass is 10.1. The molecular formula is C6H11F. The van der Waals surface area contributed by atoms with Crippen LogP contribution in [0.2, 0.25) is 0 Å². The summed E-state index contributed by atoms with van der Waals surface area (Å²) in [5, 5.41) is 0. The third-order valence-electron chi connectivity index (χ3n) is 1.62. The van der Waals surface area contributed by atoms with E-state index in [4.69, 9.17) is 0 Å². The monoisotopic (exact) mass is 102 g/mol. The second kappa shape index (κ2) is 1.46. The van der Waals surface area contributed by atoms with E-state index in [1.807, 2.05) is 0 Å². The third-order valence-corrected chi connectivity index (χ3v) is 1.62. The molecule has 0 aromatic rings. The van der Waals surface area contributed by atoms with Crippen molar-refractivity contribution in [2.75, 3.05) is 0 Å². The molecule has 2 atom stereocenters. The summed E-state index contributed by atoms with van der Waals surface area (Å²) in [5.74, 6) is 0.968. The van der Waals surface area contributed by atoms with Crippen LogP contribution < -0.4 is 0 Å². The van der Waals surface area contributed by atoms with Gasteiger partial charge in [-0.2, -0.15) is 0 Å². The highest BCUT2D eigenvalue weighted by Gasteiger charge is 2.39. The highest BCUT2D eigenvalue weighted by molar-refractivity contribution is 4.87. The smallest absolute Gasteiger partial charge is 0.104 e. The Morgan fingerprint density at radius 1 is 1.57 bits per heavy atom. The largest absolute Gasteiger partial charge is 0.247 e. The van der Waals surface area contributed by atoms with Crippen molar-refractivity contribution in [1.29, 1.82) is 0 Å². The minimum absolute atomic E-state index is 0.403. The average molecular weight is 102 g/mol. The molecule has 0 spiro atoms. The molecule has 0 heterocycles. The first-order chi connectivity index (χ1) is 3.22. The van der Waals surface area contributed by atoms with Gasteiger partial charge in [-0.3, -0.25) is 0 Å². The topological polar surface area (TPSA) is 0 Å². The van der Waals surface area contributed by atoms with Gasteiger partial charge in [-0.25, -0.2) is 4.39 Å². The van der Waals surface area contributed by atoms with Crippen LogP contribution in [0.4, 0.5) is 4.39 Å². The summed E-state index contributed by atoms with van der Waals surface area (Å²) < 4.78 is 12.0. The molecule has 1 heteroatoms. The molecule has 7 heavy (non-hydrogen) atoms. The van der Waals surface area contributed by atoms with E-state index < -0.39 is 6.17 Å². The van der Waals surface area contributed by atoms with Crippen molar-refractivity contribution in [1.82, 2.24) is 0 Å². The molecule has 0 saturated heterocycles. The maximum absolute atomic E-state index is 12.0. The lowest BCUT2D eigenvalue weighted by Crippen LogP contribution is -1.90. The minimum atomic E-state index is -0.458. The van der Waals surface area contributed by atoms with Crippen molar-refractivity contribution >= 4 is 0 Å². The normalized spacial score (nSPS) is 39.4. The van der Waals surface area contributed by atoms with E-state index in [2.05, 4.69) is 13.8 Å². The van der Waals surface area contributed by atoms with Gasteiger partial charge in [-0.05, 0) is 18.3 Å². The number of halogens is 1. The standard InChI is InChI=1S/C6H11F/c1-4(2)5-3-6(5)7/h4-6H,3H2,1-2H3/t5-,6?/m1/s1. The first-order valence-corrected chi connectivity index (χ1v) is 2.86. The summed E-state index contributed by atoms with van der Waals surface area (Å²) in [7, 11) is 0. The summed E-state index contributed by atoms with van der Waals surface area (Å²) in [6.07, 6.45) is 0.359. The molecule has 1 aliphatic rings. The Morgan fingerprint density at radius 3 is 2.00 bits per heavy atom. The van der Waals surface area contributed by atoms with Crippen molar-refractivity contribution < 1.29 is 4.39 Å². The Morgan fingerprint density at radius 2 is 2.00 bits per heavy atom. The third kappa shape index (κ3) is 0.929. The second-order valence-corrected chi connectivity index (χ2v) is 2.66. The molecule has 1 unspecified atom stereocenters. The van der Waals surface area contributed by atoms with Gasteiger partial charge in [0.15, 0.2) is 0 Å². The van der Waals surface area contributed by atoms with E-state index in [0.29, 0.717) is 11.8 Å². The summed E-state index contributed by atoms with van der Waals surface area (Å²) in [5.41, 5.74) is 0. The second-order valence-electron chi connectivity index (χ2n) is 2.66. The van der Waals surface area contributed by atoms with Gasteiger partial charge in [0.1, 0.15) is 6.17 Å². The molecule has 0 nitrogen and oxygen atoms in total. The van der Waals surface area contributed by atoms with Crippen LogP contribution in [-0.2, 0) is 0 Å². The highest BCUT2D eigenvalue weighted by atomic mass is 19.1. The van der Waals surface area contributed by atoms with Crippen LogP contribution in [-0.4, -0.2) is 6.17 Å². The zero-order valence-corrected chi connectivity index (χ0v) is 4.82. The summed E-state index contributed by atoms with van der Waals surface area (Å²) in [4.78, 5) is 0. The summed E-state index contributed by atoms with van der Waals surface area (Å²) in [6.45, 7) is 4.15. The quantitative estimate of drug-likeness (QED) is 0.475. The number of hydrogen-bond acceptors (Lipinski definition) is 0. The number of rotatable bonds is 1. The molecule has 1 saturated carbocycles. The van der Waals surface area contributed by atoms with Gasteiger partial charge in [0.2, 0.25) is 0 Å². The molecule has 0 aliphatic heterocycles. The Bertz CT molecular complexity index is 68.6. The zero-order valence-electron chi connectivity index (χ0n) is 4.82. The first-order valence-electron chi connectivity index (χ1n) is 2.86.